The Kier molecular flexibility index (Phi) is 1.90. The molecule has 0 unspecified atom stereocenters. The van der Waals surface area contributed by atoms with Gasteiger partial charge < -0.3 is 5.21 Å². The summed E-state index contributed by atoms with van der Waals surface area (Å²) in [6, 6.07) is 9.51. The van der Waals surface area contributed by atoms with Crippen LogP contribution in [-0.4, -0.2) is 9.94 Å². The quantitative estimate of drug-likeness (QED) is 0.666. The number of rotatable bonds is 1. The first-order valence-corrected chi connectivity index (χ1v) is 4.67. The molecule has 1 heterocycles. The van der Waals surface area contributed by atoms with Gasteiger partial charge in [0, 0.05) is 10.9 Å². The summed E-state index contributed by atoms with van der Waals surface area (Å²) in [7, 11) is 0. The molecule has 0 aliphatic rings. The Morgan fingerprint density at radius 2 is 1.92 bits per heavy atom. The van der Waals surface area contributed by atoms with Gasteiger partial charge in [-0.3, -0.25) is 5.41 Å². The molecule has 2 rings (SSSR count). The Morgan fingerprint density at radius 1 is 1.23 bits per heavy atom. The molecule has 2 aromatic rings. The summed E-state index contributed by atoms with van der Waals surface area (Å²) in [5, 5.41) is 18.5. The summed E-state index contributed by atoms with van der Waals surface area (Å²) < 4.78 is 0.889. The lowest BCUT2D eigenvalue weighted by molar-refractivity contribution is 0.181. The van der Waals surface area contributed by atoms with E-state index in [-0.39, 0.29) is 4.80 Å². The Bertz CT molecular complexity index is 458. The molecule has 0 aliphatic heterocycles. The summed E-state index contributed by atoms with van der Waals surface area (Å²) >= 11 is 1.21. The number of aromatic nitrogens is 1. The highest BCUT2D eigenvalue weighted by Gasteiger charge is 2.03. The highest BCUT2D eigenvalue weighted by molar-refractivity contribution is 7.07. The number of nitrogens with zero attached hydrogens (tertiary/aromatic N) is 1. The van der Waals surface area contributed by atoms with Crippen LogP contribution < -0.4 is 4.80 Å². The van der Waals surface area contributed by atoms with Crippen molar-refractivity contribution in [2.24, 2.45) is 0 Å². The van der Waals surface area contributed by atoms with Crippen LogP contribution >= 0.6 is 11.3 Å². The first-order valence-electron chi connectivity index (χ1n) is 3.79. The van der Waals surface area contributed by atoms with Gasteiger partial charge in [-0.1, -0.05) is 30.3 Å². The van der Waals surface area contributed by atoms with Crippen molar-refractivity contribution in [2.45, 2.75) is 0 Å². The number of hydrogen-bond donors (Lipinski definition) is 2. The third-order valence-corrected chi connectivity index (χ3v) is 2.51. The summed E-state index contributed by atoms with van der Waals surface area (Å²) in [6.45, 7) is 0. The van der Waals surface area contributed by atoms with E-state index in [1.807, 2.05) is 30.3 Å². The molecule has 1 aromatic carbocycles. The fourth-order valence-corrected chi connectivity index (χ4v) is 1.78. The van der Waals surface area contributed by atoms with Crippen LogP contribution in [0, 0.1) is 5.41 Å². The van der Waals surface area contributed by atoms with Crippen LogP contribution in [0.2, 0.25) is 0 Å². The zero-order valence-corrected chi connectivity index (χ0v) is 7.58. The Balaban J connectivity index is 2.60. The minimum Gasteiger partial charge on any atom is -0.426 e. The molecular weight excluding hydrogens is 184 g/mol. The molecule has 0 fully saturated rings. The SMILES string of the molecule is N=c1scc(-c2ccccc2)n1O. The van der Waals surface area contributed by atoms with E-state index in [1.165, 1.54) is 11.3 Å². The molecule has 2 N–H and O–H groups in total. The van der Waals surface area contributed by atoms with Crippen LogP contribution in [-0.2, 0) is 0 Å². The molecular formula is C9H8N2OS. The zero-order valence-electron chi connectivity index (χ0n) is 6.77. The van der Waals surface area contributed by atoms with Gasteiger partial charge in [-0.05, 0) is 0 Å². The van der Waals surface area contributed by atoms with Crippen LogP contribution in [0.4, 0.5) is 0 Å². The number of thiazole rings is 1. The van der Waals surface area contributed by atoms with Crippen LogP contribution in [0.25, 0.3) is 11.3 Å². The van der Waals surface area contributed by atoms with Gasteiger partial charge in [-0.2, -0.15) is 4.73 Å². The van der Waals surface area contributed by atoms with Gasteiger partial charge in [0.2, 0.25) is 4.80 Å². The first-order chi connectivity index (χ1) is 6.29. The standard InChI is InChI=1S/C9H8N2OS/c10-9-11(12)8(6-13-9)7-4-2-1-3-5-7/h1-6,10,12H. The molecule has 0 amide bonds. The molecule has 0 bridgehead atoms. The second-order valence-electron chi connectivity index (χ2n) is 2.60. The number of nitrogens with one attached hydrogen (secondary N) is 1. The molecule has 4 heteroatoms. The maximum atomic E-state index is 9.43. The van der Waals surface area contributed by atoms with Crippen molar-refractivity contribution in [3.05, 3.63) is 40.5 Å². The zero-order chi connectivity index (χ0) is 9.26. The van der Waals surface area contributed by atoms with Gasteiger partial charge in [-0.25, -0.2) is 0 Å². The van der Waals surface area contributed by atoms with Gasteiger partial charge in [0.25, 0.3) is 0 Å². The largest absolute Gasteiger partial charge is 0.426 e. The molecule has 0 spiro atoms. The van der Waals surface area contributed by atoms with Crippen molar-refractivity contribution in [2.75, 3.05) is 0 Å². The van der Waals surface area contributed by atoms with Crippen molar-refractivity contribution in [3.8, 4) is 11.3 Å². The van der Waals surface area contributed by atoms with E-state index in [0.29, 0.717) is 5.69 Å². The molecule has 0 saturated carbocycles. The van der Waals surface area contributed by atoms with E-state index >= 15 is 0 Å². The number of benzene rings is 1. The van der Waals surface area contributed by atoms with Crippen LogP contribution in [0.5, 0.6) is 0 Å². The predicted octanol–water partition coefficient (Wildman–Crippen LogP) is 1.93. The topological polar surface area (TPSA) is 49.0 Å². The maximum absolute atomic E-state index is 9.43. The average Bonchev–Trinajstić information content (AvgIpc) is 2.49. The van der Waals surface area contributed by atoms with Crippen molar-refractivity contribution in [3.63, 3.8) is 0 Å². The van der Waals surface area contributed by atoms with Crippen LogP contribution in [0.1, 0.15) is 0 Å². The molecule has 66 valence electrons. The lowest BCUT2D eigenvalue weighted by Crippen LogP contribution is -2.10. The van der Waals surface area contributed by atoms with E-state index in [9.17, 15) is 5.21 Å². The van der Waals surface area contributed by atoms with E-state index in [1.54, 1.807) is 5.38 Å². The summed E-state index contributed by atoms with van der Waals surface area (Å²) in [6.07, 6.45) is 0. The fraction of sp³-hybridized carbons (Fsp3) is 0. The second kappa shape index (κ2) is 3.06. The van der Waals surface area contributed by atoms with E-state index < -0.39 is 0 Å². The minimum atomic E-state index is 0.138. The Labute approximate surface area is 79.0 Å². The van der Waals surface area contributed by atoms with E-state index in [0.717, 1.165) is 10.3 Å². The highest BCUT2D eigenvalue weighted by Crippen LogP contribution is 2.17. The van der Waals surface area contributed by atoms with Gasteiger partial charge in [0.1, 0.15) is 5.69 Å². The maximum Gasteiger partial charge on any atom is 0.216 e. The van der Waals surface area contributed by atoms with Gasteiger partial charge in [0.15, 0.2) is 0 Å². The summed E-state index contributed by atoms with van der Waals surface area (Å²) in [4.78, 5) is 0.138. The van der Waals surface area contributed by atoms with Crippen LogP contribution in [0.3, 0.4) is 0 Å². The molecule has 0 aliphatic carbocycles. The first kappa shape index (κ1) is 8.07. The highest BCUT2D eigenvalue weighted by atomic mass is 32.1. The molecule has 0 radical (unpaired) electrons. The average molecular weight is 192 g/mol. The normalized spacial score (nSPS) is 10.2. The van der Waals surface area contributed by atoms with E-state index in [2.05, 4.69) is 0 Å². The molecule has 13 heavy (non-hydrogen) atoms. The molecule has 0 atom stereocenters. The summed E-state index contributed by atoms with van der Waals surface area (Å²) in [5.74, 6) is 0. The fourth-order valence-electron chi connectivity index (χ4n) is 1.12. The summed E-state index contributed by atoms with van der Waals surface area (Å²) in [5.41, 5.74) is 1.58. The van der Waals surface area contributed by atoms with Gasteiger partial charge in [0.05, 0.1) is 0 Å². The molecule has 1 aromatic heterocycles. The molecule has 0 saturated heterocycles. The minimum absolute atomic E-state index is 0.138. The number of hydrogen-bond acceptors (Lipinski definition) is 3. The van der Waals surface area contributed by atoms with E-state index in [4.69, 9.17) is 5.41 Å². The van der Waals surface area contributed by atoms with Gasteiger partial charge >= 0.3 is 0 Å². The van der Waals surface area contributed by atoms with Crippen molar-refractivity contribution in [1.82, 2.24) is 4.73 Å². The predicted molar refractivity (Wildman–Crippen MR) is 50.8 cm³/mol. The lowest BCUT2D eigenvalue weighted by atomic mass is 10.2. The monoisotopic (exact) mass is 192 g/mol. The lowest BCUT2D eigenvalue weighted by Gasteiger charge is -1.99. The van der Waals surface area contributed by atoms with Crippen LogP contribution in [0.15, 0.2) is 35.7 Å². The van der Waals surface area contributed by atoms with Gasteiger partial charge in [-0.15, -0.1) is 11.3 Å². The molecule has 3 nitrogen and oxygen atoms in total. The van der Waals surface area contributed by atoms with Crippen molar-refractivity contribution < 1.29 is 5.21 Å². The van der Waals surface area contributed by atoms with Crippen molar-refractivity contribution >= 4 is 11.3 Å². The second-order valence-corrected chi connectivity index (χ2v) is 3.46. The Morgan fingerprint density at radius 3 is 2.46 bits per heavy atom. The third-order valence-electron chi connectivity index (χ3n) is 1.77. The third kappa shape index (κ3) is 1.36. The Hall–Kier alpha value is -1.55. The van der Waals surface area contributed by atoms with Crippen molar-refractivity contribution in [1.29, 1.82) is 5.41 Å². The smallest absolute Gasteiger partial charge is 0.216 e.